The van der Waals surface area contributed by atoms with Crippen molar-refractivity contribution in [2.45, 2.75) is 28.6 Å². The Kier molecular flexibility index (Phi) is 5.66. The number of rotatable bonds is 4. The molecule has 7 heteroatoms. The Hall–Kier alpha value is -0.620. The molecule has 0 aromatic heterocycles. The van der Waals surface area contributed by atoms with E-state index >= 15 is 0 Å². The molecule has 0 aliphatic carbocycles. The van der Waals surface area contributed by atoms with E-state index in [0.29, 0.717) is 34.4 Å². The summed E-state index contributed by atoms with van der Waals surface area (Å²) in [5, 5.41) is 11.0. The van der Waals surface area contributed by atoms with Gasteiger partial charge in [-0.2, -0.15) is 0 Å². The highest BCUT2D eigenvalue weighted by molar-refractivity contribution is 8.01. The summed E-state index contributed by atoms with van der Waals surface area (Å²) in [4.78, 5) is 13.0. The maximum absolute atomic E-state index is 12.3. The zero-order valence-electron chi connectivity index (χ0n) is 11.5. The van der Waals surface area contributed by atoms with Gasteiger partial charge in [0.05, 0.1) is 12.0 Å². The van der Waals surface area contributed by atoms with Gasteiger partial charge in [-0.3, -0.25) is 4.79 Å². The number of carbonyl (C=O) groups excluding carboxylic acids is 1. The summed E-state index contributed by atoms with van der Waals surface area (Å²) in [5.41, 5.74) is 0. The fourth-order valence-electron chi connectivity index (χ4n) is 2.25. The van der Waals surface area contributed by atoms with Crippen molar-refractivity contribution >= 4 is 40.9 Å². The molecule has 0 spiro atoms. The summed E-state index contributed by atoms with van der Waals surface area (Å²) >= 11 is 13.0. The van der Waals surface area contributed by atoms with Crippen molar-refractivity contribution < 1.29 is 19.4 Å². The van der Waals surface area contributed by atoms with Crippen LogP contribution in [0.5, 0.6) is 5.75 Å². The average molecular weight is 351 g/mol. The predicted molar refractivity (Wildman–Crippen MR) is 83.5 cm³/mol. The second-order valence-electron chi connectivity index (χ2n) is 4.69. The van der Waals surface area contributed by atoms with Crippen LogP contribution in [0.2, 0.25) is 5.02 Å². The Balaban J connectivity index is 2.44. The fourth-order valence-corrected chi connectivity index (χ4v) is 4.04. The fraction of sp³-hybridized carbons (Fsp3) is 0.500. The summed E-state index contributed by atoms with van der Waals surface area (Å²) in [6.45, 7) is 0.0129. The summed E-state index contributed by atoms with van der Waals surface area (Å²) in [6.07, 6.45) is -0.0228. The minimum atomic E-state index is -1.14. The van der Waals surface area contributed by atoms with E-state index in [1.807, 2.05) is 0 Å². The average Bonchev–Trinajstić information content (AvgIpc) is 2.62. The molecule has 116 valence electrons. The molecule has 0 bridgehead atoms. The van der Waals surface area contributed by atoms with Crippen molar-refractivity contribution in [2.24, 2.45) is 0 Å². The van der Waals surface area contributed by atoms with Crippen molar-refractivity contribution in [3.05, 3.63) is 23.2 Å². The van der Waals surface area contributed by atoms with Gasteiger partial charge < -0.3 is 14.6 Å². The molecule has 1 aliphatic heterocycles. The molecule has 1 heterocycles. The molecule has 0 saturated carbocycles. The molecule has 1 aliphatic rings. The first-order chi connectivity index (χ1) is 10.0. The molecule has 4 nitrogen and oxygen atoms in total. The van der Waals surface area contributed by atoms with Gasteiger partial charge in [0.1, 0.15) is 23.2 Å². The number of methoxy groups -OCH3 is 1. The van der Waals surface area contributed by atoms with Gasteiger partial charge in [0.2, 0.25) is 0 Å². The maximum Gasteiger partial charge on any atom is 0.325 e. The molecule has 1 N–H and O–H groups in total. The number of benzene rings is 1. The van der Waals surface area contributed by atoms with Gasteiger partial charge in [0.15, 0.2) is 0 Å². The number of fused-ring (bicyclic) bond motifs is 1. The standard InChI is InChI=1S/C14H16Cl2O4S/c1-19-13(18)14(5-2-6-15)12(17)8-20-10-4-3-9(16)7-11(10)21-14/h3-4,7,12,17H,2,5-6,8H2,1H3/t12-,14+/m0/s1. The monoisotopic (exact) mass is 350 g/mol. The normalized spacial score (nSPS) is 24.7. The van der Waals surface area contributed by atoms with E-state index in [1.165, 1.54) is 18.9 Å². The lowest BCUT2D eigenvalue weighted by Crippen LogP contribution is -2.49. The molecular formula is C14H16Cl2O4S. The highest BCUT2D eigenvalue weighted by atomic mass is 35.5. The van der Waals surface area contributed by atoms with E-state index in [0.717, 1.165) is 0 Å². The maximum atomic E-state index is 12.3. The number of carbonyl (C=O) groups is 1. The summed E-state index contributed by atoms with van der Waals surface area (Å²) in [7, 11) is 1.31. The molecule has 21 heavy (non-hydrogen) atoms. The lowest BCUT2D eigenvalue weighted by molar-refractivity contribution is -0.147. The Morgan fingerprint density at radius 3 is 3.05 bits per heavy atom. The molecule has 1 aromatic carbocycles. The smallest absolute Gasteiger partial charge is 0.325 e. The first-order valence-electron chi connectivity index (χ1n) is 6.47. The van der Waals surface area contributed by atoms with Gasteiger partial charge in [-0.05, 0) is 31.0 Å². The first-order valence-corrected chi connectivity index (χ1v) is 8.20. The van der Waals surface area contributed by atoms with Crippen LogP contribution in [-0.4, -0.2) is 41.5 Å². The minimum absolute atomic E-state index is 0.0129. The van der Waals surface area contributed by atoms with Crippen molar-refractivity contribution in [1.29, 1.82) is 0 Å². The Morgan fingerprint density at radius 2 is 2.38 bits per heavy atom. The van der Waals surface area contributed by atoms with Crippen LogP contribution in [0.4, 0.5) is 0 Å². The van der Waals surface area contributed by atoms with Crippen molar-refractivity contribution in [3.63, 3.8) is 0 Å². The number of thioether (sulfide) groups is 1. The van der Waals surface area contributed by atoms with Gasteiger partial charge >= 0.3 is 5.97 Å². The number of alkyl halides is 1. The van der Waals surface area contributed by atoms with Crippen LogP contribution in [0.1, 0.15) is 12.8 Å². The summed E-state index contributed by atoms with van der Waals surface area (Å²) in [6, 6.07) is 5.15. The third-order valence-corrected chi connectivity index (χ3v) is 5.39. The number of ether oxygens (including phenoxy) is 2. The second kappa shape index (κ2) is 7.09. The Labute approximate surface area is 137 Å². The van der Waals surface area contributed by atoms with Crippen LogP contribution < -0.4 is 4.74 Å². The number of hydrogen-bond acceptors (Lipinski definition) is 5. The van der Waals surface area contributed by atoms with E-state index in [4.69, 9.17) is 32.7 Å². The molecule has 2 rings (SSSR count). The number of hydrogen-bond donors (Lipinski definition) is 1. The van der Waals surface area contributed by atoms with Crippen molar-refractivity contribution in [1.82, 2.24) is 0 Å². The third-order valence-electron chi connectivity index (χ3n) is 3.35. The largest absolute Gasteiger partial charge is 0.490 e. The van der Waals surface area contributed by atoms with Crippen molar-refractivity contribution in [3.8, 4) is 5.75 Å². The SMILES string of the molecule is COC(=O)[C@]1(CCCCl)Sc2cc(Cl)ccc2OC[C@@H]1O. The molecule has 2 atom stereocenters. The molecular weight excluding hydrogens is 335 g/mol. The molecule has 0 fully saturated rings. The van der Waals surface area contributed by atoms with Crippen LogP contribution in [0.15, 0.2) is 23.1 Å². The molecule has 0 radical (unpaired) electrons. The van der Waals surface area contributed by atoms with Crippen LogP contribution >= 0.6 is 35.0 Å². The predicted octanol–water partition coefficient (Wildman–Crippen LogP) is 3.12. The topological polar surface area (TPSA) is 55.8 Å². The van der Waals surface area contributed by atoms with Gasteiger partial charge in [0, 0.05) is 10.9 Å². The van der Waals surface area contributed by atoms with Crippen LogP contribution in [0, 0.1) is 0 Å². The quantitative estimate of drug-likeness (QED) is 0.667. The number of aliphatic hydroxyl groups is 1. The van der Waals surface area contributed by atoms with E-state index in [1.54, 1.807) is 18.2 Å². The lowest BCUT2D eigenvalue weighted by Gasteiger charge is -2.32. The van der Waals surface area contributed by atoms with Crippen molar-refractivity contribution in [2.75, 3.05) is 19.6 Å². The Morgan fingerprint density at radius 1 is 1.62 bits per heavy atom. The lowest BCUT2D eigenvalue weighted by atomic mass is 9.96. The minimum Gasteiger partial charge on any atom is -0.490 e. The third kappa shape index (κ3) is 3.42. The van der Waals surface area contributed by atoms with Crippen LogP contribution in [0.3, 0.4) is 0 Å². The highest BCUT2D eigenvalue weighted by Gasteiger charge is 2.49. The summed E-state index contributed by atoms with van der Waals surface area (Å²) < 4.78 is 9.35. The van der Waals surface area contributed by atoms with Gasteiger partial charge in [0.25, 0.3) is 0 Å². The zero-order valence-corrected chi connectivity index (χ0v) is 13.8. The van der Waals surface area contributed by atoms with Gasteiger partial charge in [-0.25, -0.2) is 0 Å². The van der Waals surface area contributed by atoms with Crippen LogP contribution in [-0.2, 0) is 9.53 Å². The molecule has 0 amide bonds. The molecule has 0 saturated heterocycles. The Bertz CT molecular complexity index is 526. The van der Waals surface area contributed by atoms with E-state index < -0.39 is 16.8 Å². The first kappa shape index (κ1) is 16.7. The number of halogens is 2. The van der Waals surface area contributed by atoms with E-state index in [9.17, 15) is 9.90 Å². The van der Waals surface area contributed by atoms with Gasteiger partial charge in [-0.15, -0.1) is 23.4 Å². The number of aliphatic hydroxyl groups excluding tert-OH is 1. The molecule has 0 unspecified atom stereocenters. The van der Waals surface area contributed by atoms with E-state index in [2.05, 4.69) is 0 Å². The van der Waals surface area contributed by atoms with Gasteiger partial charge in [-0.1, -0.05) is 11.6 Å². The summed E-state index contributed by atoms with van der Waals surface area (Å²) in [5.74, 6) is 0.511. The zero-order chi connectivity index (χ0) is 15.5. The second-order valence-corrected chi connectivity index (χ2v) is 6.88. The van der Waals surface area contributed by atoms with Crippen LogP contribution in [0.25, 0.3) is 0 Å². The number of esters is 1. The highest BCUT2D eigenvalue weighted by Crippen LogP contribution is 2.47. The molecule has 1 aromatic rings. The van der Waals surface area contributed by atoms with E-state index in [-0.39, 0.29) is 6.61 Å².